The van der Waals surface area contributed by atoms with E-state index in [0.717, 1.165) is 17.8 Å². The van der Waals surface area contributed by atoms with E-state index in [0.29, 0.717) is 24.4 Å². The van der Waals surface area contributed by atoms with Crippen molar-refractivity contribution in [3.8, 4) is 0 Å². The summed E-state index contributed by atoms with van der Waals surface area (Å²) < 4.78 is 0. The second-order valence-electron chi connectivity index (χ2n) is 4.46. The molecule has 1 saturated heterocycles. The molecular formula is C12H14N2O4S. The monoisotopic (exact) mass is 282 g/mol. The molecule has 0 aromatic carbocycles. The van der Waals surface area contributed by atoms with E-state index < -0.39 is 11.9 Å². The van der Waals surface area contributed by atoms with E-state index in [1.165, 1.54) is 12.1 Å². The van der Waals surface area contributed by atoms with E-state index in [2.05, 4.69) is 0 Å². The number of primary amides is 1. The molecule has 1 aliphatic rings. The third kappa shape index (κ3) is 2.93. The Kier molecular flexibility index (Phi) is 3.84. The summed E-state index contributed by atoms with van der Waals surface area (Å²) in [5.74, 6) is -1.98. The molecule has 2 amide bonds. The van der Waals surface area contributed by atoms with E-state index in [1.807, 2.05) is 0 Å². The van der Waals surface area contributed by atoms with Crippen LogP contribution in [-0.2, 0) is 4.79 Å². The Hall–Kier alpha value is -1.89. The third-order valence-corrected chi connectivity index (χ3v) is 4.20. The van der Waals surface area contributed by atoms with Crippen molar-refractivity contribution in [2.75, 3.05) is 13.1 Å². The zero-order valence-electron chi connectivity index (χ0n) is 10.2. The van der Waals surface area contributed by atoms with Crippen LogP contribution < -0.4 is 5.73 Å². The average Bonchev–Trinajstić information content (AvgIpc) is 2.87. The molecular weight excluding hydrogens is 268 g/mol. The number of carboxylic acids is 1. The van der Waals surface area contributed by atoms with Crippen molar-refractivity contribution in [2.24, 2.45) is 11.7 Å². The molecule has 7 heteroatoms. The maximum atomic E-state index is 12.2. The predicted molar refractivity (Wildman–Crippen MR) is 69.1 cm³/mol. The number of hydrogen-bond donors (Lipinski definition) is 2. The standard InChI is InChI=1S/C12H14N2O4S/c13-10(15)7-2-1-5-14(6-7)11(16)8-3-4-9(19-8)12(17)18/h3-4,7H,1-2,5-6H2,(H2,13,15)(H,17,18)/t7-/m1/s1. The van der Waals surface area contributed by atoms with Crippen molar-refractivity contribution >= 4 is 29.1 Å². The first-order chi connectivity index (χ1) is 8.99. The van der Waals surface area contributed by atoms with Crippen molar-refractivity contribution in [1.29, 1.82) is 0 Å². The van der Waals surface area contributed by atoms with E-state index in [4.69, 9.17) is 10.8 Å². The van der Waals surface area contributed by atoms with Crippen LogP contribution in [0.4, 0.5) is 0 Å². The normalized spacial score (nSPS) is 19.2. The van der Waals surface area contributed by atoms with Gasteiger partial charge in [-0.15, -0.1) is 11.3 Å². The van der Waals surface area contributed by atoms with Crippen molar-refractivity contribution in [1.82, 2.24) is 4.90 Å². The number of piperidine rings is 1. The van der Waals surface area contributed by atoms with E-state index in [9.17, 15) is 14.4 Å². The van der Waals surface area contributed by atoms with Crippen LogP contribution in [0.25, 0.3) is 0 Å². The highest BCUT2D eigenvalue weighted by Gasteiger charge is 2.28. The molecule has 0 unspecified atom stereocenters. The summed E-state index contributed by atoms with van der Waals surface area (Å²) in [4.78, 5) is 36.2. The van der Waals surface area contributed by atoms with Gasteiger partial charge in [0.05, 0.1) is 10.8 Å². The van der Waals surface area contributed by atoms with Crippen molar-refractivity contribution < 1.29 is 19.5 Å². The molecule has 1 aromatic heterocycles. The van der Waals surface area contributed by atoms with Crippen LogP contribution in [0.2, 0.25) is 0 Å². The fourth-order valence-corrected chi connectivity index (χ4v) is 2.93. The van der Waals surface area contributed by atoms with Gasteiger partial charge >= 0.3 is 5.97 Å². The SMILES string of the molecule is NC(=O)[C@@H]1CCCN(C(=O)c2ccc(C(=O)O)s2)C1. The predicted octanol–water partition coefficient (Wildman–Crippen LogP) is 0.784. The summed E-state index contributed by atoms with van der Waals surface area (Å²) in [5.41, 5.74) is 5.26. The minimum Gasteiger partial charge on any atom is -0.477 e. The number of carboxylic acid groups (broad SMARTS) is 1. The van der Waals surface area contributed by atoms with E-state index in [-0.39, 0.29) is 16.7 Å². The number of carbonyl (C=O) groups excluding carboxylic acids is 2. The van der Waals surface area contributed by atoms with Gasteiger partial charge in [0.25, 0.3) is 5.91 Å². The largest absolute Gasteiger partial charge is 0.477 e. The summed E-state index contributed by atoms with van der Waals surface area (Å²) in [7, 11) is 0. The first-order valence-electron chi connectivity index (χ1n) is 5.90. The molecule has 0 bridgehead atoms. The number of carbonyl (C=O) groups is 3. The quantitative estimate of drug-likeness (QED) is 0.855. The zero-order chi connectivity index (χ0) is 14.0. The number of thiophene rings is 1. The van der Waals surface area contributed by atoms with Crippen molar-refractivity contribution in [2.45, 2.75) is 12.8 Å². The minimum absolute atomic E-state index is 0.131. The number of nitrogens with zero attached hydrogens (tertiary/aromatic N) is 1. The fourth-order valence-electron chi connectivity index (χ4n) is 2.12. The lowest BCUT2D eigenvalue weighted by Gasteiger charge is -2.30. The molecule has 6 nitrogen and oxygen atoms in total. The Morgan fingerprint density at radius 3 is 2.58 bits per heavy atom. The molecule has 19 heavy (non-hydrogen) atoms. The molecule has 0 aliphatic carbocycles. The Labute approximate surface area is 113 Å². The molecule has 1 fully saturated rings. The molecule has 0 radical (unpaired) electrons. The molecule has 1 atom stereocenters. The lowest BCUT2D eigenvalue weighted by Crippen LogP contribution is -2.43. The minimum atomic E-state index is -1.04. The van der Waals surface area contributed by atoms with Gasteiger partial charge in [-0.3, -0.25) is 9.59 Å². The van der Waals surface area contributed by atoms with Gasteiger partial charge in [-0.2, -0.15) is 0 Å². The van der Waals surface area contributed by atoms with Crippen LogP contribution in [0.5, 0.6) is 0 Å². The summed E-state index contributed by atoms with van der Waals surface area (Å²) in [6, 6.07) is 2.92. The topological polar surface area (TPSA) is 101 Å². The number of aromatic carboxylic acids is 1. The molecule has 3 N–H and O–H groups in total. The highest BCUT2D eigenvalue weighted by molar-refractivity contribution is 7.15. The summed E-state index contributed by atoms with van der Waals surface area (Å²) in [6.07, 6.45) is 1.43. The molecule has 1 aliphatic heterocycles. The van der Waals surface area contributed by atoms with Gasteiger partial charge in [0.1, 0.15) is 4.88 Å². The zero-order valence-corrected chi connectivity index (χ0v) is 11.0. The Morgan fingerprint density at radius 1 is 1.32 bits per heavy atom. The molecule has 2 heterocycles. The number of nitrogens with two attached hydrogens (primary N) is 1. The smallest absolute Gasteiger partial charge is 0.345 e. The fraction of sp³-hybridized carbons (Fsp3) is 0.417. The summed E-state index contributed by atoms with van der Waals surface area (Å²) >= 11 is 0.945. The van der Waals surface area contributed by atoms with Crippen LogP contribution >= 0.6 is 11.3 Å². The van der Waals surface area contributed by atoms with Gasteiger partial charge in [-0.25, -0.2) is 4.79 Å². The van der Waals surface area contributed by atoms with Gasteiger partial charge in [0, 0.05) is 13.1 Å². The second kappa shape index (κ2) is 5.40. The van der Waals surface area contributed by atoms with Crippen molar-refractivity contribution in [3.63, 3.8) is 0 Å². The molecule has 0 saturated carbocycles. The van der Waals surface area contributed by atoms with E-state index in [1.54, 1.807) is 4.90 Å². The highest BCUT2D eigenvalue weighted by atomic mass is 32.1. The second-order valence-corrected chi connectivity index (χ2v) is 5.55. The van der Waals surface area contributed by atoms with Gasteiger partial charge in [0.15, 0.2) is 0 Å². The van der Waals surface area contributed by atoms with Crippen LogP contribution in [0.1, 0.15) is 32.2 Å². The Balaban J connectivity index is 2.10. The number of amides is 2. The van der Waals surface area contributed by atoms with Crippen LogP contribution in [0.3, 0.4) is 0 Å². The van der Waals surface area contributed by atoms with Crippen molar-refractivity contribution in [3.05, 3.63) is 21.9 Å². The van der Waals surface area contributed by atoms with Crippen LogP contribution in [-0.4, -0.2) is 40.9 Å². The van der Waals surface area contributed by atoms with Crippen LogP contribution in [0, 0.1) is 5.92 Å². The van der Waals surface area contributed by atoms with Crippen LogP contribution in [0.15, 0.2) is 12.1 Å². The van der Waals surface area contributed by atoms with Gasteiger partial charge in [0.2, 0.25) is 5.91 Å². The van der Waals surface area contributed by atoms with Gasteiger partial charge in [-0.1, -0.05) is 0 Å². The summed E-state index contributed by atoms with van der Waals surface area (Å²) in [5, 5.41) is 8.83. The highest BCUT2D eigenvalue weighted by Crippen LogP contribution is 2.22. The van der Waals surface area contributed by atoms with Gasteiger partial charge in [-0.05, 0) is 25.0 Å². The lowest BCUT2D eigenvalue weighted by atomic mass is 9.97. The maximum absolute atomic E-state index is 12.2. The maximum Gasteiger partial charge on any atom is 0.345 e. The first kappa shape index (κ1) is 13.5. The molecule has 102 valence electrons. The number of hydrogen-bond acceptors (Lipinski definition) is 4. The molecule has 2 rings (SSSR count). The molecule has 1 aromatic rings. The lowest BCUT2D eigenvalue weighted by molar-refractivity contribution is -0.123. The average molecular weight is 282 g/mol. The summed E-state index contributed by atoms with van der Waals surface area (Å²) in [6.45, 7) is 0.886. The Morgan fingerprint density at radius 2 is 2.00 bits per heavy atom. The molecule has 0 spiro atoms. The number of rotatable bonds is 3. The number of likely N-dealkylation sites (tertiary alicyclic amines) is 1. The Bertz CT molecular complexity index is 526. The van der Waals surface area contributed by atoms with E-state index >= 15 is 0 Å². The van der Waals surface area contributed by atoms with Gasteiger partial charge < -0.3 is 15.7 Å². The first-order valence-corrected chi connectivity index (χ1v) is 6.72. The third-order valence-electron chi connectivity index (χ3n) is 3.14.